The van der Waals surface area contributed by atoms with Crippen molar-refractivity contribution in [2.75, 3.05) is 0 Å². The summed E-state index contributed by atoms with van der Waals surface area (Å²) < 4.78 is 145. The van der Waals surface area contributed by atoms with Crippen molar-refractivity contribution >= 4 is 7.14 Å². The Morgan fingerprint density at radius 3 is 0.780 bits per heavy atom. The van der Waals surface area contributed by atoms with Gasteiger partial charge in [-0.25, -0.2) is 0 Å². The molecule has 0 fully saturated rings. The largest absolute Gasteiger partial charge is 0.398 e. The van der Waals surface area contributed by atoms with E-state index in [9.17, 15) is 44.1 Å². The molecule has 0 aliphatic heterocycles. The quantitative estimate of drug-likeness (QED) is 0.0588. The van der Waals surface area contributed by atoms with Crippen molar-refractivity contribution in [3.8, 4) is 0 Å². The van der Waals surface area contributed by atoms with Gasteiger partial charge in [0.1, 0.15) is 24.1 Å². The van der Waals surface area contributed by atoms with Crippen LogP contribution in [0.5, 0.6) is 0 Å². The highest BCUT2D eigenvalue weighted by Crippen LogP contribution is 2.72. The fraction of sp³-hybridized carbons (Fsp3) is 1.00. The van der Waals surface area contributed by atoms with Crippen LogP contribution in [0.2, 0.25) is 0 Å². The molecule has 0 aromatic carbocycles. The van der Waals surface area contributed by atoms with Gasteiger partial charge in [0.2, 0.25) is 0 Å². The molecule has 11 heteroatoms. The molecule has 0 aromatic rings. The van der Waals surface area contributed by atoms with E-state index in [1.54, 1.807) is 0 Å². The minimum absolute atomic E-state index is 0.207. The van der Waals surface area contributed by atoms with E-state index in [0.29, 0.717) is 19.3 Å². The Labute approximate surface area is 242 Å². The minimum Gasteiger partial charge on any atom is -0.322 e. The Hall–Kier alpha value is -0.400. The third-order valence-corrected chi connectivity index (χ3v) is 12.7. The van der Waals surface area contributed by atoms with E-state index in [0.717, 1.165) is 57.8 Å². The molecule has 0 aliphatic rings. The Bertz CT molecular complexity index is 599. The Morgan fingerprint density at radius 1 is 0.390 bits per heavy atom. The highest BCUT2D eigenvalue weighted by Gasteiger charge is 2.67. The van der Waals surface area contributed by atoms with Crippen LogP contribution in [0.1, 0.15) is 156 Å². The lowest BCUT2D eigenvalue weighted by Crippen LogP contribution is -2.46. The second-order valence-electron chi connectivity index (χ2n) is 11.6. The molecule has 1 nitrogen and oxygen atoms in total. The predicted octanol–water partition coefficient (Wildman–Crippen LogP) is 13.4. The lowest BCUT2D eigenvalue weighted by Gasteiger charge is -2.41. The molecule has 0 N–H and O–H groups in total. The molecule has 0 amide bonds. The topological polar surface area (TPSA) is 17.1 Å². The highest BCUT2D eigenvalue weighted by molar-refractivity contribution is 7.66. The van der Waals surface area contributed by atoms with Gasteiger partial charge < -0.3 is 4.57 Å². The normalized spacial score (nSPS) is 16.9. The molecule has 41 heavy (non-hydrogen) atoms. The van der Waals surface area contributed by atoms with E-state index < -0.39 is 61.9 Å². The van der Waals surface area contributed by atoms with E-state index in [4.69, 9.17) is 0 Å². The number of rotatable bonds is 24. The van der Waals surface area contributed by atoms with Crippen LogP contribution in [0.3, 0.4) is 0 Å². The predicted molar refractivity (Wildman–Crippen MR) is 151 cm³/mol. The monoisotopic (exact) mass is 632 g/mol. The van der Waals surface area contributed by atoms with Gasteiger partial charge in [-0.15, -0.1) is 0 Å². The van der Waals surface area contributed by atoms with Crippen LogP contribution in [0.4, 0.5) is 39.5 Å². The van der Waals surface area contributed by atoms with Gasteiger partial charge >= 0.3 is 18.5 Å². The van der Waals surface area contributed by atoms with E-state index >= 15 is 0 Å². The Balaban J connectivity index is 6.44. The molecule has 0 heterocycles. The first-order valence-corrected chi connectivity index (χ1v) is 17.8. The second kappa shape index (κ2) is 20.5. The first-order chi connectivity index (χ1) is 19.1. The molecule has 0 saturated carbocycles. The summed E-state index contributed by atoms with van der Waals surface area (Å²) in [5.41, 5.74) is -9.38. The molecule has 0 saturated heterocycles. The van der Waals surface area contributed by atoms with E-state index in [1.165, 1.54) is 0 Å². The van der Waals surface area contributed by atoms with Crippen LogP contribution in [0.25, 0.3) is 0 Å². The average Bonchev–Trinajstić information content (AvgIpc) is 2.84. The van der Waals surface area contributed by atoms with Crippen molar-refractivity contribution in [2.45, 2.75) is 191 Å². The number of hydrogen-bond acceptors (Lipinski definition) is 1. The summed E-state index contributed by atoms with van der Waals surface area (Å²) in [6.07, 6.45) is -10.2. The lowest BCUT2D eigenvalue weighted by molar-refractivity contribution is -0.150. The first-order valence-electron chi connectivity index (χ1n) is 15.9. The van der Waals surface area contributed by atoms with Gasteiger partial charge in [0.25, 0.3) is 0 Å². The number of unbranched alkanes of at least 4 members (excludes halogenated alkanes) is 15. The van der Waals surface area contributed by atoms with Crippen LogP contribution in [-0.2, 0) is 4.57 Å². The van der Waals surface area contributed by atoms with Gasteiger partial charge in [0.15, 0.2) is 0 Å². The molecule has 0 spiro atoms. The molecule has 0 aliphatic carbocycles. The Kier molecular flexibility index (Phi) is 20.3. The molecule has 248 valence electrons. The molecule has 0 rings (SSSR count). The summed E-state index contributed by atoms with van der Waals surface area (Å²) in [5, 5.41) is 0. The summed E-state index contributed by atoms with van der Waals surface area (Å²) >= 11 is 0. The molecule has 3 unspecified atom stereocenters. The van der Waals surface area contributed by atoms with Gasteiger partial charge in [0.05, 0.1) is 0 Å². The SMILES string of the molecule is CCCCCCCCC(C(F)(F)F)P(=O)(C(CCCCCCCC)C(F)(F)F)C(CCCCCCCC)C(F)(F)F. The standard InChI is InChI=1S/C30H54F9OP/c1-4-7-10-13-16-19-22-25(28(31,32)33)41(40,26(29(34,35)36)23-20-17-14-11-8-5-2)27(30(37,38)39)24-21-18-15-12-9-6-3/h25-27H,4-24H2,1-3H3. The van der Waals surface area contributed by atoms with Crippen LogP contribution in [0, 0.1) is 0 Å². The van der Waals surface area contributed by atoms with Crippen molar-refractivity contribution in [2.24, 2.45) is 0 Å². The van der Waals surface area contributed by atoms with Crippen LogP contribution < -0.4 is 0 Å². The zero-order valence-corrected chi connectivity index (χ0v) is 26.2. The zero-order valence-electron chi connectivity index (χ0n) is 25.3. The molecule has 0 aromatic heterocycles. The van der Waals surface area contributed by atoms with E-state index in [-0.39, 0.29) is 38.5 Å². The number of hydrogen-bond donors (Lipinski definition) is 0. The second-order valence-corrected chi connectivity index (χ2v) is 15.0. The van der Waals surface area contributed by atoms with Crippen molar-refractivity contribution < 1.29 is 44.1 Å². The van der Waals surface area contributed by atoms with Crippen LogP contribution in [-0.4, -0.2) is 35.5 Å². The van der Waals surface area contributed by atoms with E-state index in [2.05, 4.69) is 0 Å². The van der Waals surface area contributed by atoms with Crippen molar-refractivity contribution in [1.29, 1.82) is 0 Å². The maximum Gasteiger partial charge on any atom is 0.398 e. The summed E-state index contributed by atoms with van der Waals surface area (Å²) in [6, 6.07) is 0. The molecular weight excluding hydrogens is 578 g/mol. The van der Waals surface area contributed by atoms with Gasteiger partial charge in [-0.2, -0.15) is 39.5 Å². The maximum absolute atomic E-state index is 14.5. The average molecular weight is 633 g/mol. The fourth-order valence-electron chi connectivity index (χ4n) is 5.79. The number of halogens is 9. The van der Waals surface area contributed by atoms with Crippen LogP contribution in [0.15, 0.2) is 0 Å². The Morgan fingerprint density at radius 2 is 0.585 bits per heavy atom. The summed E-state index contributed by atoms with van der Waals surface area (Å²) in [7, 11) is -5.97. The number of alkyl halides is 9. The van der Waals surface area contributed by atoms with E-state index in [1.807, 2.05) is 20.8 Å². The lowest BCUT2D eigenvalue weighted by atomic mass is 10.1. The molecular formula is C30H54F9OP. The van der Waals surface area contributed by atoms with Crippen molar-refractivity contribution in [3.05, 3.63) is 0 Å². The molecule has 3 atom stereocenters. The summed E-state index contributed by atoms with van der Waals surface area (Å²) in [5.74, 6) is 0. The van der Waals surface area contributed by atoms with Crippen molar-refractivity contribution in [1.82, 2.24) is 0 Å². The highest BCUT2D eigenvalue weighted by atomic mass is 31.2. The van der Waals surface area contributed by atoms with Gasteiger partial charge in [-0.3, -0.25) is 0 Å². The third kappa shape index (κ3) is 15.8. The minimum atomic E-state index is -5.97. The first kappa shape index (κ1) is 40.6. The van der Waals surface area contributed by atoms with Gasteiger partial charge in [-0.05, 0) is 19.3 Å². The summed E-state index contributed by atoms with van der Waals surface area (Å²) in [4.78, 5) is 0. The van der Waals surface area contributed by atoms with Crippen molar-refractivity contribution in [3.63, 3.8) is 0 Å². The molecule has 0 radical (unpaired) electrons. The fourth-order valence-corrected chi connectivity index (χ4v) is 10.2. The molecule has 0 bridgehead atoms. The zero-order chi connectivity index (χ0) is 31.6. The smallest absolute Gasteiger partial charge is 0.322 e. The van der Waals surface area contributed by atoms with Gasteiger partial charge in [0, 0.05) is 0 Å². The maximum atomic E-state index is 14.5. The third-order valence-electron chi connectivity index (χ3n) is 8.09. The van der Waals surface area contributed by atoms with Crippen LogP contribution >= 0.6 is 7.14 Å². The van der Waals surface area contributed by atoms with Gasteiger partial charge in [-0.1, -0.05) is 136 Å². The summed E-state index contributed by atoms with van der Waals surface area (Å²) in [6.45, 7) is 5.83.